The number of hydrogen-bond acceptors (Lipinski definition) is 2. The number of Topliss-reactive ketones (excluding diaryl/α,β-unsaturated/α-hetero) is 1. The summed E-state index contributed by atoms with van der Waals surface area (Å²) in [5.74, 6) is -0.691. The second kappa shape index (κ2) is 5.92. The topological polar surface area (TPSA) is 37.3 Å². The second-order valence-corrected chi connectivity index (χ2v) is 4.32. The number of rotatable bonds is 6. The standard InChI is InChI=1S/C14H19FO2/c1-3-5-10-14(17,4-2)13(16)11-6-8-12(15)9-7-11/h6-9,17H,3-5,10H2,1-2H3. The quantitative estimate of drug-likeness (QED) is 0.772. The Morgan fingerprint density at radius 3 is 2.35 bits per heavy atom. The van der Waals surface area contributed by atoms with Crippen molar-refractivity contribution in [1.82, 2.24) is 0 Å². The van der Waals surface area contributed by atoms with Crippen molar-refractivity contribution in [2.75, 3.05) is 0 Å². The molecule has 0 heterocycles. The number of ketones is 1. The number of benzene rings is 1. The Labute approximate surface area is 101 Å². The van der Waals surface area contributed by atoms with E-state index in [1.807, 2.05) is 6.92 Å². The molecule has 0 amide bonds. The van der Waals surface area contributed by atoms with Gasteiger partial charge in [0.2, 0.25) is 0 Å². The van der Waals surface area contributed by atoms with Crippen LogP contribution in [0.2, 0.25) is 0 Å². The molecule has 94 valence electrons. The van der Waals surface area contributed by atoms with Crippen LogP contribution >= 0.6 is 0 Å². The van der Waals surface area contributed by atoms with Crippen molar-refractivity contribution < 1.29 is 14.3 Å². The lowest BCUT2D eigenvalue weighted by molar-refractivity contribution is 0.0240. The molecule has 17 heavy (non-hydrogen) atoms. The number of halogens is 1. The van der Waals surface area contributed by atoms with E-state index in [9.17, 15) is 14.3 Å². The predicted octanol–water partition coefficient (Wildman–Crippen LogP) is 3.34. The molecule has 0 aliphatic rings. The highest BCUT2D eigenvalue weighted by atomic mass is 19.1. The summed E-state index contributed by atoms with van der Waals surface area (Å²) in [5.41, 5.74) is -0.944. The van der Waals surface area contributed by atoms with Crippen LogP contribution in [0.15, 0.2) is 24.3 Å². The molecular weight excluding hydrogens is 219 g/mol. The van der Waals surface area contributed by atoms with Gasteiger partial charge in [-0.3, -0.25) is 4.79 Å². The minimum absolute atomic E-state index is 0.312. The molecule has 0 aromatic heterocycles. The highest BCUT2D eigenvalue weighted by Gasteiger charge is 2.33. The Bertz CT molecular complexity index is 372. The first-order chi connectivity index (χ1) is 8.03. The third-order valence-corrected chi connectivity index (χ3v) is 3.06. The van der Waals surface area contributed by atoms with Crippen molar-refractivity contribution in [1.29, 1.82) is 0 Å². The Morgan fingerprint density at radius 2 is 1.88 bits per heavy atom. The molecule has 0 saturated carbocycles. The molecular formula is C14H19FO2. The lowest BCUT2D eigenvalue weighted by Crippen LogP contribution is -2.38. The minimum Gasteiger partial charge on any atom is -0.382 e. The molecule has 0 aliphatic carbocycles. The first-order valence-electron chi connectivity index (χ1n) is 6.06. The molecule has 1 rings (SSSR count). The van der Waals surface area contributed by atoms with E-state index in [0.717, 1.165) is 12.8 Å². The largest absolute Gasteiger partial charge is 0.382 e. The zero-order chi connectivity index (χ0) is 12.9. The first-order valence-corrected chi connectivity index (χ1v) is 6.06. The van der Waals surface area contributed by atoms with E-state index in [4.69, 9.17) is 0 Å². The van der Waals surface area contributed by atoms with E-state index in [2.05, 4.69) is 0 Å². The number of hydrogen-bond donors (Lipinski definition) is 1. The zero-order valence-electron chi connectivity index (χ0n) is 10.4. The molecule has 1 aromatic rings. The summed E-state index contributed by atoms with van der Waals surface area (Å²) in [5, 5.41) is 10.3. The van der Waals surface area contributed by atoms with Crippen LogP contribution in [0.3, 0.4) is 0 Å². The smallest absolute Gasteiger partial charge is 0.194 e. The third kappa shape index (κ3) is 3.37. The molecule has 3 heteroatoms. The Kier molecular flexibility index (Phi) is 4.82. The maximum atomic E-state index is 12.8. The predicted molar refractivity (Wildman–Crippen MR) is 65.5 cm³/mol. The van der Waals surface area contributed by atoms with E-state index in [0.29, 0.717) is 18.4 Å². The third-order valence-electron chi connectivity index (χ3n) is 3.06. The van der Waals surface area contributed by atoms with Gasteiger partial charge in [0, 0.05) is 5.56 Å². The Hall–Kier alpha value is -1.22. The molecule has 0 spiro atoms. The van der Waals surface area contributed by atoms with E-state index in [1.54, 1.807) is 6.92 Å². The summed E-state index contributed by atoms with van der Waals surface area (Å²) in [4.78, 5) is 12.1. The van der Waals surface area contributed by atoms with Crippen LogP contribution in [0.5, 0.6) is 0 Å². The maximum absolute atomic E-state index is 12.8. The van der Waals surface area contributed by atoms with Gasteiger partial charge in [0.05, 0.1) is 0 Å². The fraction of sp³-hybridized carbons (Fsp3) is 0.500. The lowest BCUT2D eigenvalue weighted by atomic mass is 9.86. The van der Waals surface area contributed by atoms with Crippen molar-refractivity contribution >= 4 is 5.78 Å². The fourth-order valence-corrected chi connectivity index (χ4v) is 1.79. The van der Waals surface area contributed by atoms with Gasteiger partial charge in [0.15, 0.2) is 5.78 Å². The average molecular weight is 238 g/mol. The van der Waals surface area contributed by atoms with E-state index < -0.39 is 5.60 Å². The SMILES string of the molecule is CCCCC(O)(CC)C(=O)c1ccc(F)cc1. The summed E-state index contributed by atoms with van der Waals surface area (Å²) in [6.45, 7) is 3.80. The van der Waals surface area contributed by atoms with Crippen molar-refractivity contribution in [2.24, 2.45) is 0 Å². The summed E-state index contributed by atoms with van der Waals surface area (Å²) in [7, 11) is 0. The average Bonchev–Trinajstić information content (AvgIpc) is 2.36. The number of carbonyl (C=O) groups is 1. The zero-order valence-corrected chi connectivity index (χ0v) is 10.4. The number of unbranched alkanes of at least 4 members (excludes halogenated alkanes) is 1. The van der Waals surface area contributed by atoms with Gasteiger partial charge in [-0.2, -0.15) is 0 Å². The molecule has 0 fully saturated rings. The van der Waals surface area contributed by atoms with Gasteiger partial charge < -0.3 is 5.11 Å². The number of carbonyl (C=O) groups excluding carboxylic acids is 1. The van der Waals surface area contributed by atoms with Gasteiger partial charge in [-0.1, -0.05) is 26.7 Å². The Morgan fingerprint density at radius 1 is 1.29 bits per heavy atom. The number of aliphatic hydroxyl groups is 1. The molecule has 0 radical (unpaired) electrons. The van der Waals surface area contributed by atoms with Crippen LogP contribution in [0.1, 0.15) is 49.9 Å². The van der Waals surface area contributed by atoms with Crippen LogP contribution in [-0.4, -0.2) is 16.5 Å². The van der Waals surface area contributed by atoms with Gasteiger partial charge >= 0.3 is 0 Å². The normalized spacial score (nSPS) is 14.4. The summed E-state index contributed by atoms with van der Waals surface area (Å²) >= 11 is 0. The highest BCUT2D eigenvalue weighted by molar-refractivity contribution is 6.02. The van der Waals surface area contributed by atoms with Crippen molar-refractivity contribution in [2.45, 2.75) is 45.1 Å². The van der Waals surface area contributed by atoms with Crippen LogP contribution in [0.4, 0.5) is 4.39 Å². The highest BCUT2D eigenvalue weighted by Crippen LogP contribution is 2.23. The monoisotopic (exact) mass is 238 g/mol. The Balaban J connectivity index is 2.88. The maximum Gasteiger partial charge on any atom is 0.194 e. The fourth-order valence-electron chi connectivity index (χ4n) is 1.79. The second-order valence-electron chi connectivity index (χ2n) is 4.32. The summed E-state index contributed by atoms with van der Waals surface area (Å²) in [6, 6.07) is 5.32. The van der Waals surface area contributed by atoms with Crippen LogP contribution < -0.4 is 0 Å². The van der Waals surface area contributed by atoms with Crippen molar-refractivity contribution in [3.8, 4) is 0 Å². The van der Waals surface area contributed by atoms with Crippen LogP contribution in [0.25, 0.3) is 0 Å². The van der Waals surface area contributed by atoms with Gasteiger partial charge in [0.25, 0.3) is 0 Å². The van der Waals surface area contributed by atoms with Gasteiger partial charge in [-0.05, 0) is 37.1 Å². The lowest BCUT2D eigenvalue weighted by Gasteiger charge is -2.25. The molecule has 0 aliphatic heterocycles. The van der Waals surface area contributed by atoms with E-state index in [-0.39, 0.29) is 11.6 Å². The molecule has 0 bridgehead atoms. The summed E-state index contributed by atoms with van der Waals surface area (Å²) < 4.78 is 12.8. The van der Waals surface area contributed by atoms with E-state index in [1.165, 1.54) is 24.3 Å². The van der Waals surface area contributed by atoms with Crippen LogP contribution in [-0.2, 0) is 0 Å². The van der Waals surface area contributed by atoms with E-state index >= 15 is 0 Å². The molecule has 1 unspecified atom stereocenters. The molecule has 1 N–H and O–H groups in total. The summed E-state index contributed by atoms with van der Waals surface area (Å²) in [6.07, 6.45) is 2.57. The van der Waals surface area contributed by atoms with Gasteiger partial charge in [0.1, 0.15) is 11.4 Å². The van der Waals surface area contributed by atoms with Crippen molar-refractivity contribution in [3.05, 3.63) is 35.6 Å². The molecule has 1 aromatic carbocycles. The minimum atomic E-state index is -1.31. The molecule has 0 saturated heterocycles. The van der Waals surface area contributed by atoms with Gasteiger partial charge in [-0.25, -0.2) is 4.39 Å². The molecule has 1 atom stereocenters. The van der Waals surface area contributed by atoms with Gasteiger partial charge in [-0.15, -0.1) is 0 Å². The van der Waals surface area contributed by atoms with Crippen molar-refractivity contribution in [3.63, 3.8) is 0 Å². The first kappa shape index (κ1) is 13.8. The van der Waals surface area contributed by atoms with Crippen LogP contribution in [0, 0.1) is 5.82 Å². The molecule has 2 nitrogen and oxygen atoms in total.